The van der Waals surface area contributed by atoms with E-state index in [2.05, 4.69) is 16.4 Å². The molecule has 1 heterocycles. The van der Waals surface area contributed by atoms with Crippen LogP contribution in [0.25, 0.3) is 10.9 Å². The van der Waals surface area contributed by atoms with Crippen LogP contribution in [0.4, 0.5) is 5.69 Å². The fourth-order valence-corrected chi connectivity index (χ4v) is 3.24. The van der Waals surface area contributed by atoms with Crippen LogP contribution < -0.4 is 10.5 Å². The summed E-state index contributed by atoms with van der Waals surface area (Å²) in [5.74, 6) is -0.108. The van der Waals surface area contributed by atoms with Crippen LogP contribution in [-0.4, -0.2) is 19.3 Å². The molecule has 0 saturated heterocycles. The van der Waals surface area contributed by atoms with Gasteiger partial charge in [-0.3, -0.25) is 4.79 Å². The van der Waals surface area contributed by atoms with E-state index in [1.54, 1.807) is 0 Å². The quantitative estimate of drug-likeness (QED) is 0.631. The molecular formula is C18H19N3O3S. The fourth-order valence-electron chi connectivity index (χ4n) is 2.73. The highest BCUT2D eigenvalue weighted by Gasteiger charge is 2.09. The number of hydrogen-bond acceptors (Lipinski definition) is 3. The van der Waals surface area contributed by atoms with Crippen LogP contribution in [0.1, 0.15) is 18.4 Å². The molecule has 1 amide bonds. The number of para-hydroxylation sites is 1. The maximum atomic E-state index is 12.0. The van der Waals surface area contributed by atoms with Crippen molar-refractivity contribution in [2.75, 3.05) is 5.32 Å². The predicted molar refractivity (Wildman–Crippen MR) is 97.7 cm³/mol. The number of nitrogens with two attached hydrogens (primary N) is 1. The fraction of sp³-hybridized carbons (Fsp3) is 0.167. The molecule has 0 aliphatic heterocycles. The number of amides is 1. The van der Waals surface area contributed by atoms with E-state index in [0.29, 0.717) is 12.1 Å². The van der Waals surface area contributed by atoms with Crippen molar-refractivity contribution in [2.45, 2.75) is 24.2 Å². The molecule has 2 aromatic carbocycles. The number of rotatable bonds is 6. The molecule has 7 heteroatoms. The first-order valence-corrected chi connectivity index (χ1v) is 9.46. The van der Waals surface area contributed by atoms with Gasteiger partial charge in [-0.05, 0) is 48.7 Å². The number of hydrogen-bond donors (Lipinski definition) is 3. The molecule has 0 aliphatic rings. The summed E-state index contributed by atoms with van der Waals surface area (Å²) in [6.45, 7) is 0. The number of carbonyl (C=O) groups is 1. The van der Waals surface area contributed by atoms with Crippen molar-refractivity contribution >= 4 is 32.5 Å². The Morgan fingerprint density at radius 3 is 2.52 bits per heavy atom. The topological polar surface area (TPSA) is 105 Å². The van der Waals surface area contributed by atoms with E-state index in [4.69, 9.17) is 5.14 Å². The van der Waals surface area contributed by atoms with Crippen molar-refractivity contribution in [3.63, 3.8) is 0 Å². The smallest absolute Gasteiger partial charge is 0.238 e. The van der Waals surface area contributed by atoms with Gasteiger partial charge in [-0.15, -0.1) is 0 Å². The zero-order valence-electron chi connectivity index (χ0n) is 13.5. The van der Waals surface area contributed by atoms with Crippen LogP contribution in [0.15, 0.2) is 59.6 Å². The van der Waals surface area contributed by atoms with Crippen molar-refractivity contribution < 1.29 is 13.2 Å². The van der Waals surface area contributed by atoms with Gasteiger partial charge in [0.25, 0.3) is 0 Å². The molecule has 4 N–H and O–H groups in total. The molecule has 0 saturated carbocycles. The molecule has 3 rings (SSSR count). The minimum Gasteiger partial charge on any atom is -0.361 e. The number of anilines is 1. The van der Waals surface area contributed by atoms with Crippen molar-refractivity contribution in [1.82, 2.24) is 4.98 Å². The Kier molecular flexibility index (Phi) is 4.87. The molecule has 0 spiro atoms. The Balaban J connectivity index is 1.53. The summed E-state index contributed by atoms with van der Waals surface area (Å²) < 4.78 is 22.4. The lowest BCUT2D eigenvalue weighted by Crippen LogP contribution is -2.13. The Labute approximate surface area is 146 Å². The predicted octanol–water partition coefficient (Wildman–Crippen LogP) is 2.78. The molecule has 0 bridgehead atoms. The average molecular weight is 357 g/mol. The van der Waals surface area contributed by atoms with Gasteiger partial charge < -0.3 is 10.3 Å². The monoisotopic (exact) mass is 357 g/mol. The highest BCUT2D eigenvalue weighted by atomic mass is 32.2. The summed E-state index contributed by atoms with van der Waals surface area (Å²) in [5.41, 5.74) is 2.84. The molecule has 6 nitrogen and oxygen atoms in total. The van der Waals surface area contributed by atoms with Crippen LogP contribution >= 0.6 is 0 Å². The molecule has 0 aliphatic carbocycles. The first-order valence-electron chi connectivity index (χ1n) is 7.91. The molecular weight excluding hydrogens is 338 g/mol. The van der Waals surface area contributed by atoms with Crippen LogP contribution in [-0.2, 0) is 21.2 Å². The van der Waals surface area contributed by atoms with Gasteiger partial charge in [0.15, 0.2) is 0 Å². The van der Waals surface area contributed by atoms with Crippen molar-refractivity contribution in [1.29, 1.82) is 0 Å². The first kappa shape index (κ1) is 17.2. The molecule has 0 radical (unpaired) electrons. The summed E-state index contributed by atoms with van der Waals surface area (Å²) >= 11 is 0. The van der Waals surface area contributed by atoms with Gasteiger partial charge in [-0.1, -0.05) is 18.2 Å². The highest BCUT2D eigenvalue weighted by molar-refractivity contribution is 7.89. The van der Waals surface area contributed by atoms with Gasteiger partial charge in [-0.2, -0.15) is 0 Å². The number of aryl methyl sites for hydroxylation is 1. The van der Waals surface area contributed by atoms with Gasteiger partial charge in [-0.25, -0.2) is 13.6 Å². The summed E-state index contributed by atoms with van der Waals surface area (Å²) in [4.78, 5) is 15.3. The standard InChI is InChI=1S/C18H19N3O3S/c19-25(23,24)15-10-8-14(9-11-15)21-18(22)7-3-4-13-12-20-17-6-2-1-5-16(13)17/h1-2,5-6,8-12,20H,3-4,7H2,(H,21,22)(H2,19,23,24). The van der Waals surface area contributed by atoms with Gasteiger partial charge in [0.1, 0.15) is 0 Å². The summed E-state index contributed by atoms with van der Waals surface area (Å²) in [6, 6.07) is 13.9. The number of carbonyl (C=O) groups excluding carboxylic acids is 1. The van der Waals surface area contributed by atoms with Crippen LogP contribution in [0.3, 0.4) is 0 Å². The van der Waals surface area contributed by atoms with E-state index in [1.165, 1.54) is 35.2 Å². The highest BCUT2D eigenvalue weighted by Crippen LogP contribution is 2.19. The minimum atomic E-state index is -3.72. The maximum absolute atomic E-state index is 12.0. The SMILES string of the molecule is NS(=O)(=O)c1ccc(NC(=O)CCCc2c[nH]c3ccccc23)cc1. The number of primary sulfonamides is 1. The molecule has 0 unspecified atom stereocenters. The lowest BCUT2D eigenvalue weighted by molar-refractivity contribution is -0.116. The zero-order valence-corrected chi connectivity index (χ0v) is 14.3. The third-order valence-electron chi connectivity index (χ3n) is 3.99. The van der Waals surface area contributed by atoms with E-state index in [9.17, 15) is 13.2 Å². The Morgan fingerprint density at radius 1 is 1.08 bits per heavy atom. The number of nitrogens with one attached hydrogen (secondary N) is 2. The maximum Gasteiger partial charge on any atom is 0.238 e. The van der Waals surface area contributed by atoms with E-state index >= 15 is 0 Å². The number of H-pyrrole nitrogens is 1. The zero-order chi connectivity index (χ0) is 17.9. The lowest BCUT2D eigenvalue weighted by atomic mass is 10.1. The second-order valence-corrected chi connectivity index (χ2v) is 7.39. The second-order valence-electron chi connectivity index (χ2n) is 5.83. The molecule has 3 aromatic rings. The lowest BCUT2D eigenvalue weighted by Gasteiger charge is -2.06. The Morgan fingerprint density at radius 2 is 1.80 bits per heavy atom. The first-order chi connectivity index (χ1) is 11.9. The largest absolute Gasteiger partial charge is 0.361 e. The second kappa shape index (κ2) is 7.08. The van der Waals surface area contributed by atoms with Crippen LogP contribution in [0, 0.1) is 0 Å². The number of sulfonamides is 1. The van der Waals surface area contributed by atoms with Gasteiger partial charge in [0.05, 0.1) is 4.90 Å². The van der Waals surface area contributed by atoms with E-state index in [-0.39, 0.29) is 10.8 Å². The minimum absolute atomic E-state index is 0.0184. The van der Waals surface area contributed by atoms with E-state index in [1.807, 2.05) is 24.4 Å². The Hall–Kier alpha value is -2.64. The van der Waals surface area contributed by atoms with Gasteiger partial charge >= 0.3 is 0 Å². The molecule has 0 fully saturated rings. The molecule has 1 aromatic heterocycles. The third-order valence-corrected chi connectivity index (χ3v) is 4.92. The average Bonchev–Trinajstić information content (AvgIpc) is 2.98. The number of aromatic amines is 1. The summed E-state index contributed by atoms with van der Waals surface area (Å²) in [6.07, 6.45) is 3.90. The van der Waals surface area contributed by atoms with Crippen molar-refractivity contribution in [3.05, 3.63) is 60.3 Å². The molecule has 130 valence electrons. The summed E-state index contributed by atoms with van der Waals surface area (Å²) in [5, 5.41) is 8.98. The van der Waals surface area contributed by atoms with Crippen LogP contribution in [0.5, 0.6) is 0 Å². The molecule has 25 heavy (non-hydrogen) atoms. The Bertz CT molecular complexity index is 992. The summed E-state index contributed by atoms with van der Waals surface area (Å²) in [7, 11) is -3.72. The normalized spacial score (nSPS) is 11.6. The van der Waals surface area contributed by atoms with Crippen LogP contribution in [0.2, 0.25) is 0 Å². The third kappa shape index (κ3) is 4.26. The van der Waals surface area contributed by atoms with Crippen molar-refractivity contribution in [2.24, 2.45) is 5.14 Å². The van der Waals surface area contributed by atoms with E-state index < -0.39 is 10.0 Å². The van der Waals surface area contributed by atoms with E-state index in [0.717, 1.165) is 18.4 Å². The van der Waals surface area contributed by atoms with Crippen molar-refractivity contribution in [3.8, 4) is 0 Å². The number of benzene rings is 2. The number of aromatic nitrogens is 1. The van der Waals surface area contributed by atoms with Gasteiger partial charge in [0, 0.05) is 29.2 Å². The number of fused-ring (bicyclic) bond motifs is 1. The van der Waals surface area contributed by atoms with Gasteiger partial charge in [0.2, 0.25) is 15.9 Å². The molecule has 0 atom stereocenters.